The summed E-state index contributed by atoms with van der Waals surface area (Å²) in [6, 6.07) is 29.5. The van der Waals surface area contributed by atoms with E-state index in [2.05, 4.69) is 12.1 Å². The first-order valence-corrected chi connectivity index (χ1v) is 11.3. The third-order valence-electron chi connectivity index (χ3n) is 5.64. The molecule has 0 N–H and O–H groups in total. The fourth-order valence-electron chi connectivity index (χ4n) is 4.10. The number of ether oxygens (including phenoxy) is 1. The lowest BCUT2D eigenvalue weighted by Gasteiger charge is -2.22. The van der Waals surface area contributed by atoms with Gasteiger partial charge >= 0.3 is 0 Å². The van der Waals surface area contributed by atoms with Gasteiger partial charge in [-0.2, -0.15) is 0 Å². The van der Waals surface area contributed by atoms with Crippen molar-refractivity contribution in [1.82, 2.24) is 0 Å². The summed E-state index contributed by atoms with van der Waals surface area (Å²) in [6.45, 7) is 2.57. The quantitative estimate of drug-likeness (QED) is 0.296. The maximum absolute atomic E-state index is 13.7. The van der Waals surface area contributed by atoms with Crippen molar-refractivity contribution in [3.8, 4) is 5.75 Å². The molecule has 0 fully saturated rings. The highest BCUT2D eigenvalue weighted by Gasteiger charge is 2.31. The smallest absolute Gasteiger partial charge is 0.262 e. The molecule has 4 aromatic carbocycles. The fraction of sp³-hybridized carbons (Fsp3) is 0.0690. The number of nitrogens with zero attached hydrogens (tertiary/aromatic N) is 1. The van der Waals surface area contributed by atoms with Gasteiger partial charge in [0.25, 0.3) is 5.91 Å². The summed E-state index contributed by atoms with van der Waals surface area (Å²) in [6.07, 6.45) is 3.86. The zero-order valence-electron chi connectivity index (χ0n) is 18.2. The summed E-state index contributed by atoms with van der Waals surface area (Å²) in [7, 11) is 0. The number of halogens is 1. The van der Waals surface area contributed by atoms with Crippen LogP contribution in [0.5, 0.6) is 5.75 Å². The standard InChI is InChI=1S/C29H22ClNO2/c1-2-33-25-16-10-20(11-17-25)18-23-19-28(22-12-14-24(30)15-13-22)31(29(23)32)27-9-5-7-21-6-3-4-8-26(21)27/h3-19H,2H2,1H3/b23-18+. The first-order chi connectivity index (χ1) is 16.1. The van der Waals surface area contributed by atoms with E-state index in [-0.39, 0.29) is 5.91 Å². The molecule has 0 spiro atoms. The van der Waals surface area contributed by atoms with E-state index in [1.165, 1.54) is 0 Å². The molecule has 162 valence electrons. The van der Waals surface area contributed by atoms with Crippen LogP contribution >= 0.6 is 11.6 Å². The maximum atomic E-state index is 13.7. The van der Waals surface area contributed by atoms with Crippen molar-refractivity contribution >= 4 is 45.7 Å². The summed E-state index contributed by atoms with van der Waals surface area (Å²) in [4.78, 5) is 15.5. The Balaban J connectivity index is 1.62. The van der Waals surface area contributed by atoms with E-state index in [1.54, 1.807) is 4.90 Å². The fourth-order valence-corrected chi connectivity index (χ4v) is 4.22. The van der Waals surface area contributed by atoms with Gasteiger partial charge in [-0.25, -0.2) is 0 Å². The Morgan fingerprint density at radius 3 is 2.36 bits per heavy atom. The zero-order valence-corrected chi connectivity index (χ0v) is 18.9. The predicted molar refractivity (Wildman–Crippen MR) is 136 cm³/mol. The van der Waals surface area contributed by atoms with Crippen LogP contribution < -0.4 is 9.64 Å². The molecule has 0 unspecified atom stereocenters. The second-order valence-electron chi connectivity index (χ2n) is 7.78. The average Bonchev–Trinajstić information content (AvgIpc) is 3.16. The SMILES string of the molecule is CCOc1ccc(/C=C2\C=C(c3ccc(Cl)cc3)N(c3cccc4ccccc34)C2=O)cc1. The summed E-state index contributed by atoms with van der Waals surface area (Å²) >= 11 is 6.13. The first-order valence-electron chi connectivity index (χ1n) is 10.9. The highest BCUT2D eigenvalue weighted by atomic mass is 35.5. The van der Waals surface area contributed by atoms with Gasteiger partial charge in [0.15, 0.2) is 0 Å². The highest BCUT2D eigenvalue weighted by molar-refractivity contribution is 6.30. The van der Waals surface area contributed by atoms with Crippen LogP contribution in [0.1, 0.15) is 18.1 Å². The molecule has 4 aromatic rings. The Kier molecular flexibility index (Phi) is 5.72. The van der Waals surface area contributed by atoms with Crippen molar-refractivity contribution in [2.75, 3.05) is 11.5 Å². The number of amides is 1. The Morgan fingerprint density at radius 1 is 0.879 bits per heavy atom. The number of fused-ring (bicyclic) bond motifs is 1. The molecule has 0 saturated carbocycles. The zero-order chi connectivity index (χ0) is 22.8. The molecule has 1 amide bonds. The molecule has 1 aliphatic rings. The van der Waals surface area contributed by atoms with E-state index in [4.69, 9.17) is 16.3 Å². The van der Waals surface area contributed by atoms with Crippen LogP contribution in [0.2, 0.25) is 5.02 Å². The minimum absolute atomic E-state index is 0.0646. The molecule has 0 bridgehead atoms. The van der Waals surface area contributed by atoms with Gasteiger partial charge in [0.2, 0.25) is 0 Å². The molecule has 3 nitrogen and oxygen atoms in total. The Labute approximate surface area is 198 Å². The van der Waals surface area contributed by atoms with Crippen molar-refractivity contribution in [1.29, 1.82) is 0 Å². The molecule has 33 heavy (non-hydrogen) atoms. The molecule has 4 heteroatoms. The van der Waals surface area contributed by atoms with Crippen LogP contribution in [0.15, 0.2) is 103 Å². The second-order valence-corrected chi connectivity index (χ2v) is 8.21. The molecular weight excluding hydrogens is 430 g/mol. The lowest BCUT2D eigenvalue weighted by atomic mass is 10.1. The van der Waals surface area contributed by atoms with Gasteiger partial charge in [0.1, 0.15) is 5.75 Å². The Bertz CT molecular complexity index is 1380. The van der Waals surface area contributed by atoms with Crippen LogP contribution in [-0.4, -0.2) is 12.5 Å². The van der Waals surface area contributed by atoms with Crippen LogP contribution in [-0.2, 0) is 4.79 Å². The van der Waals surface area contributed by atoms with E-state index in [0.717, 1.165) is 39.0 Å². The van der Waals surface area contributed by atoms with Crippen molar-refractivity contribution in [2.45, 2.75) is 6.92 Å². The molecule has 1 aliphatic heterocycles. The van der Waals surface area contributed by atoms with E-state index in [1.807, 2.05) is 97.9 Å². The lowest BCUT2D eigenvalue weighted by Crippen LogP contribution is -2.25. The number of benzene rings is 4. The number of anilines is 1. The van der Waals surface area contributed by atoms with Crippen molar-refractivity contribution < 1.29 is 9.53 Å². The van der Waals surface area contributed by atoms with Crippen molar-refractivity contribution in [2.24, 2.45) is 0 Å². The van der Waals surface area contributed by atoms with Crippen molar-refractivity contribution in [3.05, 3.63) is 119 Å². The third kappa shape index (κ3) is 4.15. The van der Waals surface area contributed by atoms with Gasteiger partial charge < -0.3 is 4.74 Å². The molecule has 1 heterocycles. The van der Waals surface area contributed by atoms with Crippen LogP contribution in [0.3, 0.4) is 0 Å². The number of carbonyl (C=O) groups excluding carboxylic acids is 1. The highest BCUT2D eigenvalue weighted by Crippen LogP contribution is 2.39. The minimum atomic E-state index is -0.0646. The van der Waals surface area contributed by atoms with Gasteiger partial charge in [-0.3, -0.25) is 9.69 Å². The topological polar surface area (TPSA) is 29.5 Å². The molecule has 0 aliphatic carbocycles. The minimum Gasteiger partial charge on any atom is -0.494 e. The number of carbonyl (C=O) groups is 1. The number of rotatable bonds is 5. The molecule has 0 saturated heterocycles. The van der Waals surface area contributed by atoms with Crippen molar-refractivity contribution in [3.63, 3.8) is 0 Å². The normalized spacial score (nSPS) is 14.7. The summed E-state index contributed by atoms with van der Waals surface area (Å²) in [5.74, 6) is 0.748. The Morgan fingerprint density at radius 2 is 1.61 bits per heavy atom. The monoisotopic (exact) mass is 451 g/mol. The molecule has 0 radical (unpaired) electrons. The van der Waals surface area contributed by atoms with E-state index < -0.39 is 0 Å². The van der Waals surface area contributed by atoms with E-state index >= 15 is 0 Å². The molecule has 5 rings (SSSR count). The van der Waals surface area contributed by atoms with E-state index in [9.17, 15) is 4.79 Å². The number of hydrogen-bond acceptors (Lipinski definition) is 2. The van der Waals surface area contributed by atoms with Crippen LogP contribution in [0.25, 0.3) is 22.5 Å². The van der Waals surface area contributed by atoms with Gasteiger partial charge in [-0.05, 0) is 65.9 Å². The van der Waals surface area contributed by atoms with Crippen LogP contribution in [0, 0.1) is 0 Å². The first kappa shape index (κ1) is 21.0. The van der Waals surface area contributed by atoms with Crippen LogP contribution in [0.4, 0.5) is 5.69 Å². The third-order valence-corrected chi connectivity index (χ3v) is 5.90. The van der Waals surface area contributed by atoms with E-state index in [0.29, 0.717) is 17.2 Å². The van der Waals surface area contributed by atoms with Gasteiger partial charge in [-0.1, -0.05) is 72.3 Å². The maximum Gasteiger partial charge on any atom is 0.262 e. The summed E-state index contributed by atoms with van der Waals surface area (Å²) < 4.78 is 5.53. The van der Waals surface area contributed by atoms with Gasteiger partial charge in [-0.15, -0.1) is 0 Å². The lowest BCUT2D eigenvalue weighted by molar-refractivity contribution is -0.113. The summed E-state index contributed by atoms with van der Waals surface area (Å²) in [5.41, 5.74) is 4.17. The second kappa shape index (κ2) is 8.97. The predicted octanol–water partition coefficient (Wildman–Crippen LogP) is 7.36. The summed E-state index contributed by atoms with van der Waals surface area (Å²) in [5, 5.41) is 2.77. The largest absolute Gasteiger partial charge is 0.494 e. The van der Waals surface area contributed by atoms with Gasteiger partial charge in [0.05, 0.1) is 18.0 Å². The Hall–Kier alpha value is -3.82. The van der Waals surface area contributed by atoms with Gasteiger partial charge in [0, 0.05) is 16.0 Å². The molecule has 0 aromatic heterocycles. The molecule has 0 atom stereocenters. The number of hydrogen-bond donors (Lipinski definition) is 0. The molecular formula is C29H22ClNO2. The average molecular weight is 452 g/mol.